The van der Waals surface area contributed by atoms with Gasteiger partial charge in [0.05, 0.1) is 7.11 Å². The molecule has 2 atom stereocenters. The van der Waals surface area contributed by atoms with Crippen molar-refractivity contribution in [1.29, 1.82) is 0 Å². The molecule has 8 heteroatoms. The number of piperidine rings is 1. The van der Waals surface area contributed by atoms with E-state index in [-0.39, 0.29) is 17.8 Å². The van der Waals surface area contributed by atoms with Crippen molar-refractivity contribution in [3.63, 3.8) is 0 Å². The van der Waals surface area contributed by atoms with Crippen molar-refractivity contribution in [2.75, 3.05) is 40.8 Å². The Morgan fingerprint density at radius 2 is 2.00 bits per heavy atom. The number of rotatable bonds is 5. The second-order valence-electron chi connectivity index (χ2n) is 7.09. The molecule has 6 nitrogen and oxygen atoms in total. The van der Waals surface area contributed by atoms with Crippen LogP contribution < -0.4 is 4.74 Å². The maximum atomic E-state index is 14.3. The molecule has 0 aromatic heterocycles. The molecular formula is C17H26FN3O3S. The lowest BCUT2D eigenvalue weighted by Crippen LogP contribution is -2.46. The first-order valence-electron chi connectivity index (χ1n) is 8.55. The van der Waals surface area contributed by atoms with Gasteiger partial charge in [-0.05, 0) is 24.8 Å². The molecule has 1 aromatic rings. The number of ether oxygens (including phenoxy) is 1. The van der Waals surface area contributed by atoms with Crippen LogP contribution in [0.25, 0.3) is 0 Å². The van der Waals surface area contributed by atoms with E-state index in [1.807, 2.05) is 0 Å². The molecule has 4 rings (SSSR count). The highest BCUT2D eigenvalue weighted by Gasteiger charge is 2.39. The van der Waals surface area contributed by atoms with E-state index in [1.54, 1.807) is 30.5 Å². The van der Waals surface area contributed by atoms with Gasteiger partial charge in [-0.2, -0.15) is 17.0 Å². The minimum atomic E-state index is -3.41. The summed E-state index contributed by atoms with van der Waals surface area (Å²) >= 11 is 0. The van der Waals surface area contributed by atoms with Gasteiger partial charge in [0.1, 0.15) is 11.6 Å². The molecule has 0 radical (unpaired) electrons. The van der Waals surface area contributed by atoms with Crippen LogP contribution in [0.1, 0.15) is 18.4 Å². The van der Waals surface area contributed by atoms with Crippen LogP contribution in [-0.4, -0.2) is 68.8 Å². The van der Waals surface area contributed by atoms with Crippen LogP contribution in [0.5, 0.6) is 5.75 Å². The first-order chi connectivity index (χ1) is 11.8. The molecule has 0 N–H and O–H groups in total. The normalized spacial score (nSPS) is 25.3. The van der Waals surface area contributed by atoms with Crippen LogP contribution in [-0.2, 0) is 16.8 Å². The van der Waals surface area contributed by atoms with Gasteiger partial charge in [0.15, 0.2) is 0 Å². The van der Waals surface area contributed by atoms with Gasteiger partial charge in [0.2, 0.25) is 0 Å². The Bertz CT molecular complexity index is 726. The van der Waals surface area contributed by atoms with Crippen LogP contribution in [0.3, 0.4) is 0 Å². The molecule has 3 saturated heterocycles. The smallest absolute Gasteiger partial charge is 0.281 e. The third kappa shape index (κ3) is 3.81. The summed E-state index contributed by atoms with van der Waals surface area (Å²) in [6.45, 7) is 2.30. The fourth-order valence-corrected chi connectivity index (χ4v) is 4.97. The summed E-state index contributed by atoms with van der Waals surface area (Å²) in [4.78, 5) is 2.23. The molecule has 0 spiro atoms. The lowest BCUT2D eigenvalue weighted by atomic mass is 9.94. The van der Waals surface area contributed by atoms with Crippen molar-refractivity contribution in [1.82, 2.24) is 13.5 Å². The molecule has 1 aromatic carbocycles. The minimum absolute atomic E-state index is 0.120. The summed E-state index contributed by atoms with van der Waals surface area (Å²) in [5, 5.41) is 0. The van der Waals surface area contributed by atoms with Crippen molar-refractivity contribution < 1.29 is 17.5 Å². The van der Waals surface area contributed by atoms with Crippen LogP contribution in [0.15, 0.2) is 18.2 Å². The van der Waals surface area contributed by atoms with Crippen molar-refractivity contribution in [2.24, 2.45) is 5.92 Å². The monoisotopic (exact) mass is 371 g/mol. The third-order valence-electron chi connectivity index (χ3n) is 5.21. The summed E-state index contributed by atoms with van der Waals surface area (Å²) in [5.74, 6) is 0.508. The number of methoxy groups -OCH3 is 1. The molecule has 3 fully saturated rings. The average Bonchev–Trinajstić information content (AvgIpc) is 2.89. The summed E-state index contributed by atoms with van der Waals surface area (Å²) in [5.41, 5.74) is 0.621. The molecule has 140 valence electrons. The Labute approximate surface area is 149 Å². The predicted octanol–water partition coefficient (Wildman–Crippen LogP) is 1.54. The number of hydrogen-bond acceptors (Lipinski definition) is 4. The highest BCUT2D eigenvalue weighted by Crippen LogP contribution is 2.31. The second kappa shape index (κ2) is 7.19. The molecule has 25 heavy (non-hydrogen) atoms. The molecule has 0 saturated carbocycles. The molecule has 0 unspecified atom stereocenters. The van der Waals surface area contributed by atoms with Crippen molar-refractivity contribution >= 4 is 10.2 Å². The van der Waals surface area contributed by atoms with Gasteiger partial charge in [-0.15, -0.1) is 0 Å². The lowest BCUT2D eigenvalue weighted by molar-refractivity contribution is 0.124. The molecule has 3 heterocycles. The number of benzene rings is 1. The summed E-state index contributed by atoms with van der Waals surface area (Å²) in [6, 6.07) is 5.03. The van der Waals surface area contributed by atoms with Crippen LogP contribution in [0.4, 0.5) is 4.39 Å². The number of fused-ring (bicyclic) bond motifs is 4. The minimum Gasteiger partial charge on any atom is -0.497 e. The first-order valence-corrected chi connectivity index (χ1v) is 9.95. The zero-order chi connectivity index (χ0) is 18.2. The molecule has 0 amide bonds. The van der Waals surface area contributed by atoms with E-state index in [0.29, 0.717) is 30.9 Å². The van der Waals surface area contributed by atoms with E-state index >= 15 is 0 Å². The highest BCUT2D eigenvalue weighted by molar-refractivity contribution is 7.86. The van der Waals surface area contributed by atoms with Gasteiger partial charge in [0.25, 0.3) is 10.2 Å². The fraction of sp³-hybridized carbons (Fsp3) is 0.647. The van der Waals surface area contributed by atoms with Crippen molar-refractivity contribution in [2.45, 2.75) is 25.4 Å². The topological polar surface area (TPSA) is 53.1 Å². The Balaban J connectivity index is 1.77. The third-order valence-corrected chi connectivity index (χ3v) is 7.09. The van der Waals surface area contributed by atoms with Crippen LogP contribution in [0.2, 0.25) is 0 Å². The molecular weight excluding hydrogens is 345 g/mol. The fourth-order valence-electron chi connectivity index (χ4n) is 3.75. The first kappa shape index (κ1) is 18.6. The molecule has 3 aliphatic heterocycles. The predicted molar refractivity (Wildman–Crippen MR) is 94.1 cm³/mol. The number of halogens is 1. The van der Waals surface area contributed by atoms with E-state index < -0.39 is 10.2 Å². The number of nitrogens with zero attached hydrogens (tertiary/aromatic N) is 3. The van der Waals surface area contributed by atoms with Crippen LogP contribution in [0, 0.1) is 11.7 Å². The standard InChI is InChI=1S/C17H26FN3O3S/c1-19(2)25(22,23)21-10-13-4-6-15(12-21)20(9-13)11-14-5-7-16(24-3)8-17(14)18/h5,7-8,13,15H,4,6,9-12H2,1-3H3/t13-,15-/m1/s1. The Morgan fingerprint density at radius 3 is 2.64 bits per heavy atom. The zero-order valence-electron chi connectivity index (χ0n) is 15.0. The number of hydrogen-bond donors (Lipinski definition) is 0. The van der Waals surface area contributed by atoms with Gasteiger partial charge in [-0.1, -0.05) is 6.07 Å². The summed E-state index contributed by atoms with van der Waals surface area (Å²) in [7, 11) is 1.23. The summed E-state index contributed by atoms with van der Waals surface area (Å²) < 4.78 is 47.2. The average molecular weight is 371 g/mol. The lowest BCUT2D eigenvalue weighted by Gasteiger charge is -2.36. The van der Waals surface area contributed by atoms with Crippen molar-refractivity contribution in [3.05, 3.63) is 29.6 Å². The van der Waals surface area contributed by atoms with Crippen molar-refractivity contribution in [3.8, 4) is 5.75 Å². The van der Waals surface area contributed by atoms with Gasteiger partial charge < -0.3 is 4.74 Å². The largest absolute Gasteiger partial charge is 0.497 e. The van der Waals surface area contributed by atoms with Crippen LogP contribution >= 0.6 is 0 Å². The van der Waals surface area contributed by atoms with Gasteiger partial charge >= 0.3 is 0 Å². The Kier molecular flexibility index (Phi) is 5.34. The second-order valence-corrected chi connectivity index (χ2v) is 9.23. The zero-order valence-corrected chi connectivity index (χ0v) is 15.8. The van der Waals surface area contributed by atoms with Gasteiger partial charge in [-0.3, -0.25) is 4.90 Å². The Hall–Kier alpha value is -1.22. The van der Waals surface area contributed by atoms with Gasteiger partial charge in [0, 0.05) is 57.9 Å². The molecule has 2 bridgehead atoms. The van der Waals surface area contributed by atoms with E-state index in [9.17, 15) is 12.8 Å². The van der Waals surface area contributed by atoms with Gasteiger partial charge in [-0.25, -0.2) is 4.39 Å². The van der Waals surface area contributed by atoms with E-state index in [2.05, 4.69) is 4.90 Å². The highest BCUT2D eigenvalue weighted by atomic mass is 32.2. The molecule has 0 aliphatic carbocycles. The maximum Gasteiger partial charge on any atom is 0.281 e. The maximum absolute atomic E-state index is 14.3. The SMILES string of the molecule is COc1ccc(CN2C[C@H]3CC[C@@H]2CN(S(=O)(=O)N(C)C)C3)c(F)c1. The molecule has 3 aliphatic rings. The Morgan fingerprint density at radius 1 is 1.24 bits per heavy atom. The van der Waals surface area contributed by atoms with E-state index in [4.69, 9.17) is 4.74 Å². The van der Waals surface area contributed by atoms with E-state index in [1.165, 1.54) is 17.5 Å². The quantitative estimate of drug-likeness (QED) is 0.788. The van der Waals surface area contributed by atoms with E-state index in [0.717, 1.165) is 19.4 Å². The summed E-state index contributed by atoms with van der Waals surface area (Å²) in [6.07, 6.45) is 1.97.